The summed E-state index contributed by atoms with van der Waals surface area (Å²) in [5.74, 6) is -0.892. The number of carbonyl (C=O) groups excluding carboxylic acids is 2. The van der Waals surface area contributed by atoms with Gasteiger partial charge in [-0.3, -0.25) is 4.79 Å². The smallest absolute Gasteiger partial charge is 0.379 e. The molecular formula is C19H17NO4. The molecule has 122 valence electrons. The van der Waals surface area contributed by atoms with Gasteiger partial charge in [0.15, 0.2) is 0 Å². The van der Waals surface area contributed by atoms with Gasteiger partial charge in [-0.05, 0) is 18.6 Å². The molecule has 0 saturated heterocycles. The normalized spacial score (nSPS) is 10.5. The molecule has 0 aliphatic carbocycles. The summed E-state index contributed by atoms with van der Waals surface area (Å²) >= 11 is 0. The van der Waals surface area contributed by atoms with Gasteiger partial charge in [0.2, 0.25) is 0 Å². The third kappa shape index (κ3) is 3.15. The Kier molecular flexibility index (Phi) is 4.61. The Labute approximate surface area is 139 Å². The Morgan fingerprint density at radius 1 is 1.04 bits per heavy atom. The van der Waals surface area contributed by atoms with E-state index in [0.717, 1.165) is 5.56 Å². The first-order valence-electron chi connectivity index (χ1n) is 7.69. The van der Waals surface area contributed by atoms with Crippen molar-refractivity contribution in [3.8, 4) is 5.75 Å². The lowest BCUT2D eigenvalue weighted by molar-refractivity contribution is -0.137. The Balaban J connectivity index is 1.86. The number of hydrogen-bond donors (Lipinski definition) is 1. The van der Waals surface area contributed by atoms with Gasteiger partial charge in [0.1, 0.15) is 12.4 Å². The van der Waals surface area contributed by atoms with Crippen molar-refractivity contribution in [3.63, 3.8) is 0 Å². The zero-order chi connectivity index (χ0) is 16.9. The number of ether oxygens (including phenoxy) is 2. The second kappa shape index (κ2) is 7.00. The zero-order valence-electron chi connectivity index (χ0n) is 13.2. The van der Waals surface area contributed by atoms with E-state index in [1.54, 1.807) is 19.1 Å². The first-order valence-corrected chi connectivity index (χ1v) is 7.69. The van der Waals surface area contributed by atoms with Crippen LogP contribution >= 0.6 is 0 Å². The summed E-state index contributed by atoms with van der Waals surface area (Å²) in [4.78, 5) is 26.8. The van der Waals surface area contributed by atoms with E-state index in [4.69, 9.17) is 9.47 Å². The molecule has 0 unspecified atom stereocenters. The maximum absolute atomic E-state index is 12.2. The highest BCUT2D eigenvalue weighted by Gasteiger charge is 2.22. The van der Waals surface area contributed by atoms with Crippen LogP contribution in [0, 0.1) is 0 Å². The van der Waals surface area contributed by atoms with Gasteiger partial charge in [-0.2, -0.15) is 0 Å². The molecule has 3 rings (SSSR count). The fraction of sp³-hybridized carbons (Fsp3) is 0.158. The molecule has 3 aromatic rings. The number of carbonyl (C=O) groups is 2. The molecule has 5 heteroatoms. The number of aromatic nitrogens is 1. The maximum Gasteiger partial charge on any atom is 0.379 e. The van der Waals surface area contributed by atoms with E-state index in [1.165, 1.54) is 6.20 Å². The predicted molar refractivity (Wildman–Crippen MR) is 90.0 cm³/mol. The van der Waals surface area contributed by atoms with Crippen molar-refractivity contribution in [3.05, 3.63) is 65.9 Å². The standard InChI is InChI=1S/C19H17NO4/c1-2-23-19(22)18(21)15-11-20-17-14(15)9-6-10-16(17)24-12-13-7-4-3-5-8-13/h3-11,20H,2,12H2,1H3. The third-order valence-corrected chi connectivity index (χ3v) is 3.62. The van der Waals surface area contributed by atoms with Crippen molar-refractivity contribution in [2.75, 3.05) is 6.61 Å². The van der Waals surface area contributed by atoms with Crippen LogP contribution in [-0.2, 0) is 16.1 Å². The number of benzene rings is 2. The van der Waals surface area contributed by atoms with E-state index in [1.807, 2.05) is 36.4 Å². The molecule has 0 aliphatic heterocycles. The predicted octanol–water partition coefficient (Wildman–Crippen LogP) is 3.49. The minimum absolute atomic E-state index is 0.165. The van der Waals surface area contributed by atoms with Crippen LogP contribution in [0.1, 0.15) is 22.8 Å². The summed E-state index contributed by atoms with van der Waals surface area (Å²) in [6.45, 7) is 2.24. The number of para-hydroxylation sites is 1. The molecule has 1 N–H and O–H groups in total. The average Bonchev–Trinajstić information content (AvgIpc) is 3.05. The van der Waals surface area contributed by atoms with Crippen molar-refractivity contribution in [2.24, 2.45) is 0 Å². The molecule has 0 saturated carbocycles. The summed E-state index contributed by atoms with van der Waals surface area (Å²) in [6.07, 6.45) is 1.51. The van der Waals surface area contributed by atoms with Gasteiger partial charge in [0.25, 0.3) is 5.78 Å². The number of ketones is 1. The molecule has 0 spiro atoms. The molecule has 1 heterocycles. The Bertz CT molecular complexity index is 867. The number of hydrogen-bond acceptors (Lipinski definition) is 4. The minimum atomic E-state index is -0.853. The Morgan fingerprint density at radius 2 is 1.83 bits per heavy atom. The lowest BCUT2D eigenvalue weighted by atomic mass is 10.1. The van der Waals surface area contributed by atoms with Gasteiger partial charge in [0, 0.05) is 11.6 Å². The monoisotopic (exact) mass is 323 g/mol. The highest BCUT2D eigenvalue weighted by atomic mass is 16.5. The highest BCUT2D eigenvalue weighted by molar-refractivity contribution is 6.43. The summed E-state index contributed by atoms with van der Waals surface area (Å²) in [5, 5.41) is 0.638. The van der Waals surface area contributed by atoms with Gasteiger partial charge in [-0.1, -0.05) is 42.5 Å². The second-order valence-electron chi connectivity index (χ2n) is 5.20. The highest BCUT2D eigenvalue weighted by Crippen LogP contribution is 2.28. The fourth-order valence-electron chi connectivity index (χ4n) is 2.48. The second-order valence-corrected chi connectivity index (χ2v) is 5.20. The van der Waals surface area contributed by atoms with E-state index in [2.05, 4.69) is 4.98 Å². The van der Waals surface area contributed by atoms with Gasteiger partial charge < -0.3 is 14.5 Å². The number of H-pyrrole nitrogens is 1. The van der Waals surface area contributed by atoms with Crippen molar-refractivity contribution in [1.29, 1.82) is 0 Å². The molecule has 0 amide bonds. The Morgan fingerprint density at radius 3 is 2.58 bits per heavy atom. The van der Waals surface area contributed by atoms with Gasteiger partial charge in [-0.15, -0.1) is 0 Å². The van der Waals surface area contributed by atoms with Crippen molar-refractivity contribution in [1.82, 2.24) is 4.98 Å². The van der Waals surface area contributed by atoms with E-state index in [9.17, 15) is 9.59 Å². The van der Waals surface area contributed by atoms with Crippen LogP contribution in [0.3, 0.4) is 0 Å². The molecule has 0 atom stereocenters. The first-order chi connectivity index (χ1) is 11.7. The number of fused-ring (bicyclic) bond motifs is 1. The average molecular weight is 323 g/mol. The van der Waals surface area contributed by atoms with Gasteiger partial charge >= 0.3 is 5.97 Å². The molecular weight excluding hydrogens is 306 g/mol. The molecule has 0 aliphatic rings. The SMILES string of the molecule is CCOC(=O)C(=O)c1c[nH]c2c(OCc3ccccc3)cccc12. The lowest BCUT2D eigenvalue weighted by Crippen LogP contribution is -2.17. The van der Waals surface area contributed by atoms with Crippen LogP contribution in [0.2, 0.25) is 0 Å². The minimum Gasteiger partial charge on any atom is -0.487 e. The number of esters is 1. The first kappa shape index (κ1) is 15.8. The van der Waals surface area contributed by atoms with Crippen LogP contribution < -0.4 is 4.74 Å². The van der Waals surface area contributed by atoms with Crippen LogP contribution in [0.25, 0.3) is 10.9 Å². The third-order valence-electron chi connectivity index (χ3n) is 3.62. The Hall–Kier alpha value is -3.08. The lowest BCUT2D eigenvalue weighted by Gasteiger charge is -2.07. The molecule has 0 fully saturated rings. The quantitative estimate of drug-likeness (QED) is 0.428. The molecule has 0 radical (unpaired) electrons. The van der Waals surface area contributed by atoms with Crippen molar-refractivity contribution in [2.45, 2.75) is 13.5 Å². The van der Waals surface area contributed by atoms with Gasteiger partial charge in [0.05, 0.1) is 17.7 Å². The van der Waals surface area contributed by atoms with Crippen molar-refractivity contribution >= 4 is 22.7 Å². The van der Waals surface area contributed by atoms with Crippen LogP contribution in [-0.4, -0.2) is 23.3 Å². The zero-order valence-corrected chi connectivity index (χ0v) is 13.2. The summed E-state index contributed by atoms with van der Waals surface area (Å²) in [6, 6.07) is 15.2. The maximum atomic E-state index is 12.2. The molecule has 24 heavy (non-hydrogen) atoms. The number of aromatic amines is 1. The van der Waals surface area contributed by atoms with E-state index < -0.39 is 11.8 Å². The summed E-state index contributed by atoms with van der Waals surface area (Å²) in [5.41, 5.74) is 2.01. The number of Topliss-reactive ketones (excluding diaryl/α,β-unsaturated/α-hetero) is 1. The van der Waals surface area contributed by atoms with E-state index in [0.29, 0.717) is 23.3 Å². The largest absolute Gasteiger partial charge is 0.487 e. The fourth-order valence-corrected chi connectivity index (χ4v) is 2.48. The molecule has 5 nitrogen and oxygen atoms in total. The summed E-state index contributed by atoms with van der Waals surface area (Å²) in [7, 11) is 0. The van der Waals surface area contributed by atoms with E-state index in [-0.39, 0.29) is 12.2 Å². The van der Waals surface area contributed by atoms with E-state index >= 15 is 0 Å². The molecule has 0 bridgehead atoms. The van der Waals surface area contributed by atoms with Crippen LogP contribution in [0.4, 0.5) is 0 Å². The topological polar surface area (TPSA) is 68.4 Å². The molecule has 1 aromatic heterocycles. The van der Waals surface area contributed by atoms with Crippen LogP contribution in [0.5, 0.6) is 5.75 Å². The van der Waals surface area contributed by atoms with Crippen molar-refractivity contribution < 1.29 is 19.1 Å². The van der Waals surface area contributed by atoms with Crippen LogP contribution in [0.15, 0.2) is 54.7 Å². The van der Waals surface area contributed by atoms with Gasteiger partial charge in [-0.25, -0.2) is 4.79 Å². The number of rotatable bonds is 6. The summed E-state index contributed by atoms with van der Waals surface area (Å²) < 4.78 is 10.6. The number of nitrogens with one attached hydrogen (secondary N) is 1. The molecule has 2 aromatic carbocycles.